The summed E-state index contributed by atoms with van der Waals surface area (Å²) in [7, 11) is 1.66. The molecule has 1 atom stereocenters. The van der Waals surface area contributed by atoms with E-state index in [2.05, 4.69) is 11.4 Å². The summed E-state index contributed by atoms with van der Waals surface area (Å²) < 4.78 is 10.6. The molecule has 1 unspecified atom stereocenters. The number of methoxy groups -OCH3 is 1. The van der Waals surface area contributed by atoms with Crippen LogP contribution in [0.3, 0.4) is 0 Å². The quantitative estimate of drug-likeness (QED) is 0.911. The van der Waals surface area contributed by atoms with Crippen LogP contribution in [0, 0.1) is 6.92 Å². The van der Waals surface area contributed by atoms with E-state index in [1.807, 2.05) is 19.9 Å². The minimum atomic E-state index is -0.599. The highest BCUT2D eigenvalue weighted by atomic mass is 16.5. The molecule has 0 bridgehead atoms. The molecule has 1 spiro atoms. The van der Waals surface area contributed by atoms with Gasteiger partial charge in [0, 0.05) is 25.0 Å². The summed E-state index contributed by atoms with van der Waals surface area (Å²) in [6, 6.07) is 4.10. The number of hydrogen-bond acceptors (Lipinski definition) is 4. The smallest absolute Gasteiger partial charge is 0.233 e. The van der Waals surface area contributed by atoms with Gasteiger partial charge in [0.1, 0.15) is 5.54 Å². The fraction of sp³-hybridized carbons (Fsp3) is 0.625. The Hall–Kier alpha value is -1.46. The Bertz CT molecular complexity index is 569. The summed E-state index contributed by atoms with van der Waals surface area (Å²) in [6.45, 7) is 5.60. The summed E-state index contributed by atoms with van der Waals surface area (Å²) >= 11 is 0. The van der Waals surface area contributed by atoms with Gasteiger partial charge in [-0.05, 0) is 25.8 Å². The number of aromatic nitrogens is 1. The second kappa shape index (κ2) is 5.07. The highest BCUT2D eigenvalue weighted by molar-refractivity contribution is 5.91. The molecule has 114 valence electrons. The number of ether oxygens (including phenoxy) is 2. The van der Waals surface area contributed by atoms with E-state index in [9.17, 15) is 4.79 Å². The maximum atomic E-state index is 12.9. The number of fused-ring (bicyclic) bond motifs is 2. The van der Waals surface area contributed by atoms with E-state index in [0.717, 1.165) is 17.0 Å². The van der Waals surface area contributed by atoms with Crippen molar-refractivity contribution in [2.45, 2.75) is 37.6 Å². The fourth-order valence-electron chi connectivity index (χ4n) is 3.37. The topological polar surface area (TPSA) is 60.5 Å². The summed E-state index contributed by atoms with van der Waals surface area (Å²) in [4.78, 5) is 17.6. The molecule has 21 heavy (non-hydrogen) atoms. The van der Waals surface area contributed by atoms with Crippen molar-refractivity contribution in [2.24, 2.45) is 0 Å². The van der Waals surface area contributed by atoms with Crippen LogP contribution in [0.25, 0.3) is 0 Å². The number of hydrogen-bond donors (Lipinski definition) is 1. The number of nitrogens with one attached hydrogen (secondary N) is 1. The van der Waals surface area contributed by atoms with E-state index < -0.39 is 5.41 Å². The zero-order valence-electron chi connectivity index (χ0n) is 12.9. The number of amides is 1. The Morgan fingerprint density at radius 3 is 2.76 bits per heavy atom. The Balaban J connectivity index is 2.15. The van der Waals surface area contributed by atoms with Gasteiger partial charge in [-0.15, -0.1) is 0 Å². The molecule has 3 rings (SSSR count). The average molecular weight is 290 g/mol. The van der Waals surface area contributed by atoms with Gasteiger partial charge in [-0.25, -0.2) is 0 Å². The number of carbonyl (C=O) groups is 1. The van der Waals surface area contributed by atoms with Crippen molar-refractivity contribution >= 4 is 5.91 Å². The van der Waals surface area contributed by atoms with Crippen molar-refractivity contribution in [1.82, 2.24) is 10.3 Å². The van der Waals surface area contributed by atoms with Gasteiger partial charge in [0.05, 0.1) is 24.3 Å². The third kappa shape index (κ3) is 1.99. The van der Waals surface area contributed by atoms with Crippen molar-refractivity contribution in [3.63, 3.8) is 0 Å². The molecule has 1 saturated heterocycles. The maximum absolute atomic E-state index is 12.9. The van der Waals surface area contributed by atoms with E-state index in [-0.39, 0.29) is 11.4 Å². The number of rotatable bonds is 4. The lowest BCUT2D eigenvalue weighted by atomic mass is 9.68. The first kappa shape index (κ1) is 14.5. The van der Waals surface area contributed by atoms with E-state index in [4.69, 9.17) is 14.5 Å². The fourth-order valence-corrected chi connectivity index (χ4v) is 3.37. The van der Waals surface area contributed by atoms with Crippen molar-refractivity contribution in [3.05, 3.63) is 29.1 Å². The Morgan fingerprint density at radius 2 is 2.19 bits per heavy atom. The molecule has 1 N–H and O–H groups in total. The van der Waals surface area contributed by atoms with Crippen LogP contribution in [0.1, 0.15) is 36.7 Å². The van der Waals surface area contributed by atoms with Crippen LogP contribution < -0.4 is 5.32 Å². The highest BCUT2D eigenvalue weighted by Crippen LogP contribution is 2.44. The van der Waals surface area contributed by atoms with Gasteiger partial charge >= 0.3 is 0 Å². The zero-order valence-corrected chi connectivity index (χ0v) is 12.9. The largest absolute Gasteiger partial charge is 0.385 e. The van der Waals surface area contributed by atoms with E-state index in [0.29, 0.717) is 32.7 Å². The lowest BCUT2D eigenvalue weighted by Gasteiger charge is -2.50. The molecule has 0 saturated carbocycles. The molecule has 1 amide bonds. The first-order valence-corrected chi connectivity index (χ1v) is 7.46. The Morgan fingerprint density at radius 1 is 1.43 bits per heavy atom. The van der Waals surface area contributed by atoms with E-state index >= 15 is 0 Å². The van der Waals surface area contributed by atoms with Crippen LogP contribution in [-0.4, -0.2) is 37.8 Å². The minimum absolute atomic E-state index is 0.0518. The summed E-state index contributed by atoms with van der Waals surface area (Å²) in [6.07, 6.45) is 1.36. The zero-order chi connectivity index (χ0) is 15.1. The van der Waals surface area contributed by atoms with Gasteiger partial charge in [-0.2, -0.15) is 0 Å². The van der Waals surface area contributed by atoms with Gasteiger partial charge in [0.25, 0.3) is 0 Å². The molecule has 1 aromatic heterocycles. The minimum Gasteiger partial charge on any atom is -0.385 e. The molecule has 0 aliphatic carbocycles. The highest BCUT2D eigenvalue weighted by Gasteiger charge is 2.55. The SMILES string of the molecule is CCC1(CCOC)C(=O)NC2(COC2)c2ccc(C)nc21. The Kier molecular flexibility index (Phi) is 3.50. The van der Waals surface area contributed by atoms with Crippen LogP contribution >= 0.6 is 0 Å². The predicted octanol–water partition coefficient (Wildman–Crippen LogP) is 1.43. The summed E-state index contributed by atoms with van der Waals surface area (Å²) in [5, 5.41) is 3.20. The summed E-state index contributed by atoms with van der Waals surface area (Å²) in [5.74, 6) is 0.0518. The lowest BCUT2D eigenvalue weighted by molar-refractivity contribution is -0.144. The third-order valence-electron chi connectivity index (χ3n) is 4.82. The maximum Gasteiger partial charge on any atom is 0.233 e. The number of nitrogens with zero attached hydrogens (tertiary/aromatic N) is 1. The second-order valence-electron chi connectivity index (χ2n) is 6.06. The van der Waals surface area contributed by atoms with Gasteiger partial charge in [0.15, 0.2) is 0 Å². The van der Waals surface area contributed by atoms with Gasteiger partial charge in [-0.1, -0.05) is 13.0 Å². The molecular weight excluding hydrogens is 268 g/mol. The van der Waals surface area contributed by atoms with Crippen LogP contribution in [0.5, 0.6) is 0 Å². The van der Waals surface area contributed by atoms with Gasteiger partial charge in [0.2, 0.25) is 5.91 Å². The van der Waals surface area contributed by atoms with E-state index in [1.54, 1.807) is 7.11 Å². The molecule has 0 radical (unpaired) electrons. The third-order valence-corrected chi connectivity index (χ3v) is 4.82. The van der Waals surface area contributed by atoms with Crippen LogP contribution in [0.15, 0.2) is 12.1 Å². The molecule has 5 nitrogen and oxygen atoms in total. The molecule has 0 aromatic carbocycles. The summed E-state index contributed by atoms with van der Waals surface area (Å²) in [5.41, 5.74) is 1.98. The average Bonchev–Trinajstić information content (AvgIpc) is 2.44. The van der Waals surface area contributed by atoms with Crippen LogP contribution in [0.4, 0.5) is 0 Å². The monoisotopic (exact) mass is 290 g/mol. The van der Waals surface area contributed by atoms with Crippen LogP contribution in [0.2, 0.25) is 0 Å². The van der Waals surface area contributed by atoms with E-state index in [1.165, 1.54) is 0 Å². The number of aryl methyl sites for hydroxylation is 1. The molecule has 2 aliphatic heterocycles. The molecule has 1 fully saturated rings. The molecule has 1 aromatic rings. The molecule has 5 heteroatoms. The molecule has 3 heterocycles. The normalized spacial score (nSPS) is 26.1. The first-order valence-electron chi connectivity index (χ1n) is 7.46. The van der Waals surface area contributed by atoms with Crippen molar-refractivity contribution < 1.29 is 14.3 Å². The predicted molar refractivity (Wildman–Crippen MR) is 78.1 cm³/mol. The molecular formula is C16H22N2O3. The Labute approximate surface area is 125 Å². The van der Waals surface area contributed by atoms with Crippen LogP contribution in [-0.2, 0) is 25.2 Å². The van der Waals surface area contributed by atoms with Crippen molar-refractivity contribution in [1.29, 1.82) is 0 Å². The standard InChI is InChI=1S/C16H22N2O3/c1-4-15(7-8-20-3)13-12(6-5-11(2)17-13)16(9-21-10-16)18-14(15)19/h5-6H,4,7-10H2,1-3H3,(H,18,19). The molecule has 2 aliphatic rings. The second-order valence-corrected chi connectivity index (χ2v) is 6.06. The first-order chi connectivity index (χ1) is 10.1. The lowest BCUT2D eigenvalue weighted by Crippen LogP contribution is -2.67. The van der Waals surface area contributed by atoms with Gasteiger partial charge in [-0.3, -0.25) is 9.78 Å². The van der Waals surface area contributed by atoms with Crippen molar-refractivity contribution in [2.75, 3.05) is 26.9 Å². The van der Waals surface area contributed by atoms with Crippen molar-refractivity contribution in [3.8, 4) is 0 Å². The number of pyridine rings is 1. The van der Waals surface area contributed by atoms with Gasteiger partial charge < -0.3 is 14.8 Å². The number of carbonyl (C=O) groups excluding carboxylic acids is 1.